The van der Waals surface area contributed by atoms with Gasteiger partial charge in [-0.25, -0.2) is 0 Å². The van der Waals surface area contributed by atoms with E-state index in [1.807, 2.05) is 24.3 Å². The van der Waals surface area contributed by atoms with Gasteiger partial charge in [0.05, 0.1) is 13.2 Å². The van der Waals surface area contributed by atoms with Gasteiger partial charge in [-0.2, -0.15) is 0 Å². The summed E-state index contributed by atoms with van der Waals surface area (Å²) in [7, 11) is 0. The minimum Gasteiger partial charge on any atom is -0.491 e. The minimum absolute atomic E-state index is 0.192. The number of benzene rings is 4. The number of hydrogen-bond donors (Lipinski definition) is 0. The van der Waals surface area contributed by atoms with Gasteiger partial charge in [0.15, 0.2) is 0 Å². The van der Waals surface area contributed by atoms with Crippen LogP contribution in [0, 0.1) is 0 Å². The summed E-state index contributed by atoms with van der Waals surface area (Å²) in [6.07, 6.45) is 0.434. The molecule has 34 heavy (non-hydrogen) atoms. The third kappa shape index (κ3) is 4.69. The van der Waals surface area contributed by atoms with Crippen molar-refractivity contribution in [1.29, 1.82) is 0 Å². The average molecular weight is 451 g/mol. The lowest BCUT2D eigenvalue weighted by Crippen LogP contribution is -2.06. The Morgan fingerprint density at radius 2 is 1.12 bits per heavy atom. The second kappa shape index (κ2) is 9.34. The largest absolute Gasteiger partial charge is 0.491 e. The highest BCUT2D eigenvalue weighted by atomic mass is 16.6. The van der Waals surface area contributed by atoms with Crippen LogP contribution in [0.1, 0.15) is 0 Å². The van der Waals surface area contributed by atoms with Gasteiger partial charge in [0, 0.05) is 11.1 Å². The first-order chi connectivity index (χ1) is 16.8. The number of ether oxygens (including phenoxy) is 4. The maximum Gasteiger partial charge on any atom is 0.127 e. The van der Waals surface area contributed by atoms with E-state index in [4.69, 9.17) is 18.9 Å². The van der Waals surface area contributed by atoms with Crippen molar-refractivity contribution in [1.82, 2.24) is 0 Å². The fourth-order valence-corrected chi connectivity index (χ4v) is 4.17. The van der Waals surface area contributed by atoms with Crippen LogP contribution in [-0.2, 0) is 9.47 Å². The number of epoxide rings is 2. The Hall–Kier alpha value is -3.60. The Bertz CT molecular complexity index is 1240. The first kappa shape index (κ1) is 21.0. The molecule has 0 spiro atoms. The van der Waals surface area contributed by atoms with Gasteiger partial charge in [0.25, 0.3) is 0 Å². The third-order valence-corrected chi connectivity index (χ3v) is 6.12. The van der Waals surface area contributed by atoms with Crippen LogP contribution in [0.2, 0.25) is 0 Å². The summed E-state index contributed by atoms with van der Waals surface area (Å²) in [6.45, 7) is 2.72. The SMILES string of the molecule is c1ccc(-c2c(OCC3CO3)ccc(-c3ccc(OCC4CO4)cc3)c2-c2ccccc2)cc1. The Morgan fingerprint density at radius 1 is 0.559 bits per heavy atom. The van der Waals surface area contributed by atoms with Crippen molar-refractivity contribution in [2.75, 3.05) is 26.4 Å². The van der Waals surface area contributed by atoms with Crippen LogP contribution in [0.5, 0.6) is 11.5 Å². The molecule has 4 nitrogen and oxygen atoms in total. The van der Waals surface area contributed by atoms with Crippen molar-refractivity contribution >= 4 is 0 Å². The number of hydrogen-bond acceptors (Lipinski definition) is 4. The molecule has 2 saturated heterocycles. The second-order valence-electron chi connectivity index (χ2n) is 8.65. The molecule has 0 radical (unpaired) electrons. The predicted molar refractivity (Wildman–Crippen MR) is 133 cm³/mol. The van der Waals surface area contributed by atoms with E-state index < -0.39 is 0 Å². The molecule has 0 N–H and O–H groups in total. The first-order valence-electron chi connectivity index (χ1n) is 11.7. The van der Waals surface area contributed by atoms with Crippen LogP contribution in [0.15, 0.2) is 97.1 Å². The molecule has 2 aliphatic rings. The maximum atomic E-state index is 6.29. The summed E-state index contributed by atoms with van der Waals surface area (Å²) in [4.78, 5) is 0. The monoisotopic (exact) mass is 450 g/mol. The quantitative estimate of drug-likeness (QED) is 0.283. The van der Waals surface area contributed by atoms with E-state index in [1.165, 1.54) is 0 Å². The molecule has 6 rings (SSSR count). The summed E-state index contributed by atoms with van der Waals surface area (Å²) in [5, 5.41) is 0. The Kier molecular flexibility index (Phi) is 5.76. The highest BCUT2D eigenvalue weighted by Crippen LogP contribution is 2.45. The van der Waals surface area contributed by atoms with Gasteiger partial charge in [-0.15, -0.1) is 0 Å². The van der Waals surface area contributed by atoms with Crippen molar-refractivity contribution in [2.45, 2.75) is 12.2 Å². The minimum atomic E-state index is 0.192. The van der Waals surface area contributed by atoms with Crippen LogP contribution >= 0.6 is 0 Å². The van der Waals surface area contributed by atoms with E-state index in [2.05, 4.69) is 72.8 Å². The summed E-state index contributed by atoms with van der Waals surface area (Å²) >= 11 is 0. The Labute approximate surface area is 199 Å². The van der Waals surface area contributed by atoms with E-state index in [0.29, 0.717) is 13.2 Å². The van der Waals surface area contributed by atoms with E-state index in [0.717, 1.165) is 58.1 Å². The summed E-state index contributed by atoms with van der Waals surface area (Å²) < 4.78 is 22.8. The zero-order chi connectivity index (χ0) is 22.7. The normalized spacial score (nSPS) is 18.4. The summed E-state index contributed by atoms with van der Waals surface area (Å²) in [6, 6.07) is 33.5. The Balaban J connectivity index is 1.47. The molecule has 4 aromatic rings. The first-order valence-corrected chi connectivity index (χ1v) is 11.7. The van der Waals surface area contributed by atoms with Crippen molar-refractivity contribution in [3.05, 3.63) is 97.1 Å². The van der Waals surface area contributed by atoms with Crippen LogP contribution in [0.4, 0.5) is 0 Å². The summed E-state index contributed by atoms with van der Waals surface area (Å²) in [5.74, 6) is 1.72. The zero-order valence-electron chi connectivity index (χ0n) is 18.9. The van der Waals surface area contributed by atoms with Crippen LogP contribution in [0.3, 0.4) is 0 Å². The molecule has 170 valence electrons. The summed E-state index contributed by atoms with van der Waals surface area (Å²) in [5.41, 5.74) is 6.80. The predicted octanol–water partition coefficient (Wildman–Crippen LogP) is 6.24. The number of rotatable bonds is 9. The molecular formula is C30H26O4. The fourth-order valence-electron chi connectivity index (χ4n) is 4.17. The van der Waals surface area contributed by atoms with Gasteiger partial charge in [0.1, 0.15) is 36.9 Å². The van der Waals surface area contributed by atoms with Crippen molar-refractivity contribution in [3.63, 3.8) is 0 Å². The lowest BCUT2D eigenvalue weighted by molar-refractivity contribution is 0.263. The molecule has 0 aliphatic carbocycles. The smallest absolute Gasteiger partial charge is 0.127 e. The Morgan fingerprint density at radius 3 is 1.71 bits per heavy atom. The molecule has 2 aliphatic heterocycles. The lowest BCUT2D eigenvalue weighted by Gasteiger charge is -2.20. The van der Waals surface area contributed by atoms with Crippen molar-refractivity contribution in [3.8, 4) is 44.9 Å². The molecule has 0 aromatic heterocycles. The van der Waals surface area contributed by atoms with E-state index >= 15 is 0 Å². The topological polar surface area (TPSA) is 43.5 Å². The van der Waals surface area contributed by atoms with Crippen LogP contribution in [-0.4, -0.2) is 38.6 Å². The molecule has 2 atom stereocenters. The molecular weight excluding hydrogens is 424 g/mol. The van der Waals surface area contributed by atoms with E-state index in [-0.39, 0.29) is 12.2 Å². The van der Waals surface area contributed by atoms with Gasteiger partial charge < -0.3 is 18.9 Å². The van der Waals surface area contributed by atoms with E-state index in [9.17, 15) is 0 Å². The fraction of sp³-hybridized carbons (Fsp3) is 0.200. The molecule has 0 saturated carbocycles. The molecule has 4 heteroatoms. The molecule has 2 unspecified atom stereocenters. The second-order valence-corrected chi connectivity index (χ2v) is 8.65. The van der Waals surface area contributed by atoms with Gasteiger partial charge in [0.2, 0.25) is 0 Å². The molecule has 2 heterocycles. The molecule has 0 amide bonds. The highest BCUT2D eigenvalue weighted by Gasteiger charge is 2.25. The zero-order valence-corrected chi connectivity index (χ0v) is 18.9. The van der Waals surface area contributed by atoms with Crippen LogP contribution < -0.4 is 9.47 Å². The average Bonchev–Trinajstić information content (AvgIpc) is 3.83. The molecule has 0 bridgehead atoms. The van der Waals surface area contributed by atoms with Gasteiger partial charge >= 0.3 is 0 Å². The van der Waals surface area contributed by atoms with E-state index in [1.54, 1.807) is 0 Å². The third-order valence-electron chi connectivity index (χ3n) is 6.12. The van der Waals surface area contributed by atoms with Gasteiger partial charge in [-0.05, 0) is 40.5 Å². The maximum absolute atomic E-state index is 6.29. The molecule has 2 fully saturated rings. The van der Waals surface area contributed by atoms with Crippen molar-refractivity contribution < 1.29 is 18.9 Å². The lowest BCUT2D eigenvalue weighted by atomic mass is 9.87. The van der Waals surface area contributed by atoms with Crippen molar-refractivity contribution in [2.24, 2.45) is 0 Å². The van der Waals surface area contributed by atoms with Gasteiger partial charge in [-0.3, -0.25) is 0 Å². The highest BCUT2D eigenvalue weighted by molar-refractivity contribution is 5.97. The van der Waals surface area contributed by atoms with Crippen LogP contribution in [0.25, 0.3) is 33.4 Å². The molecule has 4 aromatic carbocycles. The standard InChI is InChI=1S/C30H26O4/c1-3-7-22(8-4-1)29-27(21-11-13-24(14-12-21)31-17-25-18-32-25)15-16-28(34-20-26-19-33-26)30(29)23-9-5-2-6-10-23/h1-16,25-26H,17-20H2. The van der Waals surface area contributed by atoms with Gasteiger partial charge in [-0.1, -0.05) is 78.9 Å².